The number of rotatable bonds is 7. The van der Waals surface area contributed by atoms with Gasteiger partial charge >= 0.3 is 5.97 Å². The molecule has 3 rings (SSSR count). The van der Waals surface area contributed by atoms with Crippen LogP contribution in [-0.2, 0) is 9.59 Å². The highest BCUT2D eigenvalue weighted by Crippen LogP contribution is 2.32. The second-order valence-corrected chi connectivity index (χ2v) is 8.44. The first-order chi connectivity index (χ1) is 14.4. The number of carbonyl (C=O) groups excluding carboxylic acids is 2. The Morgan fingerprint density at radius 1 is 1.20 bits per heavy atom. The summed E-state index contributed by atoms with van der Waals surface area (Å²) in [6.45, 7) is 3.94. The van der Waals surface area contributed by atoms with Crippen molar-refractivity contribution in [1.82, 2.24) is 4.90 Å². The average molecular weight is 488 g/mol. The van der Waals surface area contributed by atoms with Gasteiger partial charge in [0, 0.05) is 23.1 Å². The van der Waals surface area contributed by atoms with Crippen LogP contribution < -0.4 is 5.32 Å². The minimum atomic E-state index is -1.02. The van der Waals surface area contributed by atoms with Crippen molar-refractivity contribution in [2.75, 3.05) is 11.9 Å². The van der Waals surface area contributed by atoms with Gasteiger partial charge in [0.1, 0.15) is 5.25 Å². The van der Waals surface area contributed by atoms with Crippen LogP contribution in [0.25, 0.3) is 0 Å². The number of carbonyl (C=O) groups is 3. The summed E-state index contributed by atoms with van der Waals surface area (Å²) in [5.74, 6) is -1.51. The van der Waals surface area contributed by atoms with E-state index in [-0.39, 0.29) is 30.3 Å². The van der Waals surface area contributed by atoms with Crippen LogP contribution in [0.15, 0.2) is 70.7 Å². The summed E-state index contributed by atoms with van der Waals surface area (Å²) in [6, 6.07) is 13.2. The first kappa shape index (κ1) is 21.8. The molecule has 154 valence electrons. The highest BCUT2D eigenvalue weighted by atomic mass is 79.9. The molecule has 30 heavy (non-hydrogen) atoms. The molecule has 0 bridgehead atoms. The number of halogens is 1. The molecule has 0 spiro atoms. The van der Waals surface area contributed by atoms with E-state index in [0.717, 1.165) is 4.47 Å². The van der Waals surface area contributed by atoms with E-state index in [1.165, 1.54) is 28.8 Å². The lowest BCUT2D eigenvalue weighted by atomic mass is 10.2. The Morgan fingerprint density at radius 3 is 2.47 bits per heavy atom. The maximum absolute atomic E-state index is 12.8. The zero-order valence-corrected chi connectivity index (χ0v) is 18.1. The summed E-state index contributed by atoms with van der Waals surface area (Å²) in [4.78, 5) is 42.1. The molecule has 7 nitrogen and oxygen atoms in total. The number of benzene rings is 2. The normalized spacial score (nSPS) is 17.2. The molecule has 0 aromatic heterocycles. The van der Waals surface area contributed by atoms with Crippen molar-refractivity contribution in [1.29, 1.82) is 0 Å². The molecule has 1 aliphatic rings. The molecule has 2 N–H and O–H groups in total. The third kappa shape index (κ3) is 5.37. The lowest BCUT2D eigenvalue weighted by molar-refractivity contribution is -0.127. The topological polar surface area (TPSA) is 99.1 Å². The van der Waals surface area contributed by atoms with Crippen LogP contribution >= 0.6 is 27.7 Å². The molecular formula is C21H18BrN3O4S. The Bertz CT molecular complexity index is 1010. The van der Waals surface area contributed by atoms with Crippen LogP contribution in [0.4, 0.5) is 11.4 Å². The molecule has 2 aromatic rings. The number of anilines is 1. The van der Waals surface area contributed by atoms with Gasteiger partial charge in [-0.15, -0.1) is 6.58 Å². The summed E-state index contributed by atoms with van der Waals surface area (Å²) in [7, 11) is 0. The van der Waals surface area contributed by atoms with E-state index in [1.807, 2.05) is 12.1 Å². The average Bonchev–Trinajstić information content (AvgIpc) is 2.99. The number of thioether (sulfide) groups is 1. The molecule has 0 aliphatic carbocycles. The van der Waals surface area contributed by atoms with Gasteiger partial charge < -0.3 is 10.4 Å². The summed E-state index contributed by atoms with van der Waals surface area (Å²) in [5, 5.41) is 11.6. The molecule has 9 heteroatoms. The van der Waals surface area contributed by atoms with Crippen LogP contribution in [-0.4, -0.2) is 44.8 Å². The highest BCUT2D eigenvalue weighted by molar-refractivity contribution is 9.10. The second-order valence-electron chi connectivity index (χ2n) is 6.35. The lowest BCUT2D eigenvalue weighted by Crippen LogP contribution is -2.33. The number of amidine groups is 1. The van der Waals surface area contributed by atoms with Gasteiger partial charge in [-0.1, -0.05) is 33.8 Å². The van der Waals surface area contributed by atoms with E-state index < -0.39 is 11.2 Å². The first-order valence-electron chi connectivity index (χ1n) is 8.94. The van der Waals surface area contributed by atoms with Gasteiger partial charge in [0.15, 0.2) is 5.17 Å². The van der Waals surface area contributed by atoms with E-state index in [0.29, 0.717) is 16.5 Å². The Kier molecular flexibility index (Phi) is 7.07. The number of nitrogens with zero attached hydrogens (tertiary/aromatic N) is 2. The molecule has 1 atom stereocenters. The number of carboxylic acid groups (broad SMARTS) is 1. The van der Waals surface area contributed by atoms with Gasteiger partial charge in [-0.3, -0.25) is 14.5 Å². The number of aromatic carboxylic acids is 1. The van der Waals surface area contributed by atoms with Crippen molar-refractivity contribution in [3.63, 3.8) is 0 Å². The predicted octanol–water partition coefficient (Wildman–Crippen LogP) is 4.29. The Hall–Kier alpha value is -2.91. The quantitative estimate of drug-likeness (QED) is 0.567. The minimum absolute atomic E-state index is 0.00415. The van der Waals surface area contributed by atoms with Gasteiger partial charge in [0.2, 0.25) is 11.8 Å². The molecular weight excluding hydrogens is 470 g/mol. The van der Waals surface area contributed by atoms with Gasteiger partial charge in [0.25, 0.3) is 0 Å². The molecule has 2 amide bonds. The van der Waals surface area contributed by atoms with Gasteiger partial charge in [-0.2, -0.15) is 0 Å². The van der Waals surface area contributed by atoms with E-state index in [9.17, 15) is 14.4 Å². The molecule has 0 saturated carbocycles. The monoisotopic (exact) mass is 487 g/mol. The van der Waals surface area contributed by atoms with E-state index >= 15 is 0 Å². The zero-order chi connectivity index (χ0) is 21.7. The summed E-state index contributed by atoms with van der Waals surface area (Å²) >= 11 is 4.55. The van der Waals surface area contributed by atoms with Crippen LogP contribution in [0.3, 0.4) is 0 Å². The summed E-state index contributed by atoms with van der Waals surface area (Å²) in [5.41, 5.74) is 1.32. The maximum atomic E-state index is 12.8. The number of aliphatic imine (C=N–C) groups is 1. The smallest absolute Gasteiger partial charge is 0.335 e. The number of amides is 2. The molecule has 1 unspecified atom stereocenters. The van der Waals surface area contributed by atoms with Crippen molar-refractivity contribution in [3.05, 3.63) is 71.2 Å². The van der Waals surface area contributed by atoms with E-state index in [4.69, 9.17) is 5.11 Å². The SMILES string of the molecule is C=CCN1C(=O)C(CC(=O)Nc2ccc(Br)cc2)SC1=Nc1ccc(C(=O)O)cc1. The van der Waals surface area contributed by atoms with Crippen LogP contribution in [0, 0.1) is 0 Å². The van der Waals surface area contributed by atoms with Gasteiger partial charge in [-0.25, -0.2) is 9.79 Å². The molecule has 2 aromatic carbocycles. The number of carboxylic acids is 1. The number of nitrogens with one attached hydrogen (secondary N) is 1. The molecule has 1 fully saturated rings. The summed E-state index contributed by atoms with van der Waals surface area (Å²) in [6.07, 6.45) is 1.59. The van der Waals surface area contributed by atoms with E-state index in [2.05, 4.69) is 32.8 Å². The van der Waals surface area contributed by atoms with Crippen LogP contribution in [0.2, 0.25) is 0 Å². The summed E-state index contributed by atoms with van der Waals surface area (Å²) < 4.78 is 0.902. The van der Waals surface area contributed by atoms with Crippen molar-refractivity contribution in [2.24, 2.45) is 4.99 Å². The maximum Gasteiger partial charge on any atom is 0.335 e. The number of hydrogen-bond acceptors (Lipinski definition) is 5. The van der Waals surface area contributed by atoms with Crippen molar-refractivity contribution in [3.8, 4) is 0 Å². The molecule has 0 radical (unpaired) electrons. The highest BCUT2D eigenvalue weighted by Gasteiger charge is 2.38. The van der Waals surface area contributed by atoms with Crippen LogP contribution in [0.1, 0.15) is 16.8 Å². The zero-order valence-electron chi connectivity index (χ0n) is 15.7. The fraction of sp³-hybridized carbons (Fsp3) is 0.143. The first-order valence-corrected chi connectivity index (χ1v) is 10.6. The fourth-order valence-electron chi connectivity index (χ4n) is 2.72. The molecule has 1 heterocycles. The van der Waals surface area contributed by atoms with Crippen molar-refractivity contribution >= 4 is 62.0 Å². The molecule has 1 saturated heterocycles. The Balaban J connectivity index is 1.73. The standard InChI is InChI=1S/C21H18BrN3O4S/c1-2-11-25-19(27)17(12-18(26)23-15-9-5-14(22)6-10-15)30-21(25)24-16-7-3-13(4-8-16)20(28)29/h2-10,17H,1,11-12H2,(H,23,26)(H,28,29). The Labute approximate surface area is 186 Å². The minimum Gasteiger partial charge on any atom is -0.478 e. The van der Waals surface area contributed by atoms with Gasteiger partial charge in [-0.05, 0) is 48.5 Å². The predicted molar refractivity (Wildman–Crippen MR) is 121 cm³/mol. The lowest BCUT2D eigenvalue weighted by Gasteiger charge is -2.13. The van der Waals surface area contributed by atoms with E-state index in [1.54, 1.807) is 30.3 Å². The Morgan fingerprint density at radius 2 is 1.87 bits per heavy atom. The second kappa shape index (κ2) is 9.73. The van der Waals surface area contributed by atoms with Crippen molar-refractivity contribution < 1.29 is 19.5 Å². The third-order valence-corrected chi connectivity index (χ3v) is 5.87. The molecule has 1 aliphatic heterocycles. The van der Waals surface area contributed by atoms with Gasteiger partial charge in [0.05, 0.1) is 11.3 Å². The fourth-order valence-corrected chi connectivity index (χ4v) is 4.16. The van der Waals surface area contributed by atoms with Crippen molar-refractivity contribution in [2.45, 2.75) is 11.7 Å². The number of hydrogen-bond donors (Lipinski definition) is 2. The third-order valence-electron chi connectivity index (χ3n) is 4.17. The van der Waals surface area contributed by atoms with Crippen LogP contribution in [0.5, 0.6) is 0 Å². The largest absolute Gasteiger partial charge is 0.478 e.